The predicted octanol–water partition coefficient (Wildman–Crippen LogP) is 0.874. The van der Waals surface area contributed by atoms with Gasteiger partial charge in [-0.15, -0.1) is 0 Å². The number of anilines is 1. The van der Waals surface area contributed by atoms with Gasteiger partial charge in [0.15, 0.2) is 6.10 Å². The number of ether oxygens (including phenoxy) is 1. The van der Waals surface area contributed by atoms with Crippen LogP contribution >= 0.6 is 0 Å². The molecule has 0 fully saturated rings. The summed E-state index contributed by atoms with van der Waals surface area (Å²) in [5.41, 5.74) is 5.71. The van der Waals surface area contributed by atoms with E-state index in [4.69, 9.17) is 10.5 Å². The molecule has 0 saturated heterocycles. The molecule has 1 unspecified atom stereocenters. The van der Waals surface area contributed by atoms with Gasteiger partial charge in [0, 0.05) is 12.5 Å². The minimum Gasteiger partial charge on any atom is -0.478 e. The maximum atomic E-state index is 12.8. The number of amides is 1. The number of hydrogen-bond acceptors (Lipinski definition) is 3. The highest BCUT2D eigenvalue weighted by atomic mass is 19.1. The molecule has 1 heterocycles. The number of nitrogens with one attached hydrogen (secondary N) is 1. The standard InChI is InChI=1S/C10H11FN2O2/c11-6-1-2-8-7(5-6)13-10(14)9(15-8)3-4-12/h1-2,5,9H,3-4,12H2,(H,13,14). The van der Waals surface area contributed by atoms with Crippen molar-refractivity contribution < 1.29 is 13.9 Å². The molecule has 0 aliphatic carbocycles. The normalized spacial score (nSPS) is 19.1. The van der Waals surface area contributed by atoms with Crippen LogP contribution in [0.2, 0.25) is 0 Å². The summed E-state index contributed by atoms with van der Waals surface area (Å²) in [7, 11) is 0. The number of fused-ring (bicyclic) bond motifs is 1. The smallest absolute Gasteiger partial charge is 0.265 e. The van der Waals surface area contributed by atoms with Crippen molar-refractivity contribution in [2.24, 2.45) is 5.73 Å². The molecule has 0 radical (unpaired) electrons. The Hall–Kier alpha value is -1.62. The van der Waals surface area contributed by atoms with E-state index in [0.29, 0.717) is 24.4 Å². The summed E-state index contributed by atoms with van der Waals surface area (Å²) in [5, 5.41) is 2.58. The van der Waals surface area contributed by atoms with Crippen LogP contribution in [0.25, 0.3) is 0 Å². The number of halogens is 1. The molecular weight excluding hydrogens is 199 g/mol. The first-order valence-corrected chi connectivity index (χ1v) is 4.68. The molecule has 0 aromatic heterocycles. The molecule has 15 heavy (non-hydrogen) atoms. The maximum Gasteiger partial charge on any atom is 0.265 e. The molecule has 0 saturated carbocycles. The zero-order chi connectivity index (χ0) is 10.8. The zero-order valence-corrected chi connectivity index (χ0v) is 8.00. The van der Waals surface area contributed by atoms with Crippen LogP contribution in [0.4, 0.5) is 10.1 Å². The van der Waals surface area contributed by atoms with Crippen LogP contribution in [0.1, 0.15) is 6.42 Å². The van der Waals surface area contributed by atoms with Gasteiger partial charge in [-0.1, -0.05) is 0 Å². The SMILES string of the molecule is NCCC1Oc2ccc(F)cc2NC1=O. The third-order valence-corrected chi connectivity index (χ3v) is 2.19. The fourth-order valence-electron chi connectivity index (χ4n) is 1.46. The molecule has 1 aliphatic rings. The summed E-state index contributed by atoms with van der Waals surface area (Å²) < 4.78 is 18.2. The first-order valence-electron chi connectivity index (χ1n) is 4.68. The number of nitrogens with two attached hydrogens (primary N) is 1. The topological polar surface area (TPSA) is 64.3 Å². The monoisotopic (exact) mass is 210 g/mol. The van der Waals surface area contributed by atoms with E-state index in [2.05, 4.69) is 5.32 Å². The minimum absolute atomic E-state index is 0.279. The van der Waals surface area contributed by atoms with Gasteiger partial charge in [0.05, 0.1) is 5.69 Å². The summed E-state index contributed by atoms with van der Waals surface area (Å²) in [6, 6.07) is 4.01. The lowest BCUT2D eigenvalue weighted by Gasteiger charge is -2.25. The summed E-state index contributed by atoms with van der Waals surface area (Å²) in [4.78, 5) is 11.4. The summed E-state index contributed by atoms with van der Waals surface area (Å²) >= 11 is 0. The van der Waals surface area contributed by atoms with E-state index in [0.717, 1.165) is 0 Å². The Morgan fingerprint density at radius 1 is 1.53 bits per heavy atom. The second-order valence-corrected chi connectivity index (χ2v) is 3.31. The number of rotatable bonds is 2. The molecule has 80 valence electrons. The fourth-order valence-corrected chi connectivity index (χ4v) is 1.46. The first-order chi connectivity index (χ1) is 7.20. The molecule has 0 bridgehead atoms. The largest absolute Gasteiger partial charge is 0.478 e. The van der Waals surface area contributed by atoms with Crippen molar-refractivity contribution in [1.29, 1.82) is 0 Å². The fraction of sp³-hybridized carbons (Fsp3) is 0.300. The lowest BCUT2D eigenvalue weighted by Crippen LogP contribution is -2.38. The third kappa shape index (κ3) is 1.92. The van der Waals surface area contributed by atoms with Crippen LogP contribution in [0.5, 0.6) is 5.75 Å². The third-order valence-electron chi connectivity index (χ3n) is 2.19. The molecule has 1 aliphatic heterocycles. The van der Waals surface area contributed by atoms with Crippen molar-refractivity contribution in [3.05, 3.63) is 24.0 Å². The van der Waals surface area contributed by atoms with E-state index in [-0.39, 0.29) is 5.91 Å². The molecule has 0 spiro atoms. The summed E-state index contributed by atoms with van der Waals surface area (Å²) in [5.74, 6) is -0.206. The number of carbonyl (C=O) groups excluding carboxylic acids is 1. The highest BCUT2D eigenvalue weighted by Gasteiger charge is 2.26. The van der Waals surface area contributed by atoms with Crippen LogP contribution in [-0.2, 0) is 4.79 Å². The number of benzene rings is 1. The lowest BCUT2D eigenvalue weighted by atomic mass is 10.1. The van der Waals surface area contributed by atoms with Crippen LogP contribution < -0.4 is 15.8 Å². The van der Waals surface area contributed by atoms with E-state index < -0.39 is 11.9 Å². The van der Waals surface area contributed by atoms with E-state index >= 15 is 0 Å². The van der Waals surface area contributed by atoms with Gasteiger partial charge < -0.3 is 15.8 Å². The second-order valence-electron chi connectivity index (χ2n) is 3.31. The Morgan fingerprint density at radius 3 is 3.07 bits per heavy atom. The molecule has 1 aromatic rings. The van der Waals surface area contributed by atoms with Crippen molar-refractivity contribution in [2.75, 3.05) is 11.9 Å². The van der Waals surface area contributed by atoms with Crippen LogP contribution in [0.15, 0.2) is 18.2 Å². The Balaban J connectivity index is 2.26. The van der Waals surface area contributed by atoms with Crippen LogP contribution in [0, 0.1) is 5.82 Å². The highest BCUT2D eigenvalue weighted by Crippen LogP contribution is 2.30. The van der Waals surface area contributed by atoms with Gasteiger partial charge in [-0.05, 0) is 18.7 Å². The van der Waals surface area contributed by atoms with E-state index in [1.807, 2.05) is 0 Å². The van der Waals surface area contributed by atoms with Gasteiger partial charge in [0.1, 0.15) is 11.6 Å². The molecule has 4 nitrogen and oxygen atoms in total. The summed E-state index contributed by atoms with van der Waals surface area (Å²) in [6.07, 6.45) is -0.129. The van der Waals surface area contributed by atoms with Crippen LogP contribution in [-0.4, -0.2) is 18.6 Å². The molecule has 2 rings (SSSR count). The van der Waals surface area contributed by atoms with Crippen molar-refractivity contribution in [3.63, 3.8) is 0 Å². The Kier molecular flexibility index (Phi) is 2.55. The second kappa shape index (κ2) is 3.86. The molecule has 1 atom stereocenters. The highest BCUT2D eigenvalue weighted by molar-refractivity contribution is 5.97. The number of carbonyl (C=O) groups is 1. The van der Waals surface area contributed by atoms with E-state index in [1.165, 1.54) is 18.2 Å². The van der Waals surface area contributed by atoms with E-state index in [9.17, 15) is 9.18 Å². The van der Waals surface area contributed by atoms with Gasteiger partial charge in [-0.3, -0.25) is 4.79 Å². The molecular formula is C10H11FN2O2. The predicted molar refractivity (Wildman–Crippen MR) is 53.1 cm³/mol. The Bertz CT molecular complexity index is 395. The lowest BCUT2D eigenvalue weighted by molar-refractivity contribution is -0.123. The van der Waals surface area contributed by atoms with Gasteiger partial charge >= 0.3 is 0 Å². The minimum atomic E-state index is -0.576. The quantitative estimate of drug-likeness (QED) is 0.761. The Labute approximate surface area is 86.2 Å². The Morgan fingerprint density at radius 2 is 2.33 bits per heavy atom. The molecule has 1 aromatic carbocycles. The van der Waals surface area contributed by atoms with Gasteiger partial charge in [-0.25, -0.2) is 4.39 Å². The zero-order valence-electron chi connectivity index (χ0n) is 8.00. The van der Waals surface area contributed by atoms with Crippen molar-refractivity contribution in [1.82, 2.24) is 0 Å². The van der Waals surface area contributed by atoms with Crippen LogP contribution in [0.3, 0.4) is 0 Å². The van der Waals surface area contributed by atoms with Gasteiger partial charge in [0.2, 0.25) is 0 Å². The van der Waals surface area contributed by atoms with Crippen molar-refractivity contribution >= 4 is 11.6 Å². The number of hydrogen-bond donors (Lipinski definition) is 2. The summed E-state index contributed by atoms with van der Waals surface area (Å²) in [6.45, 7) is 0.370. The average molecular weight is 210 g/mol. The van der Waals surface area contributed by atoms with Crippen molar-refractivity contribution in [2.45, 2.75) is 12.5 Å². The average Bonchev–Trinajstić information content (AvgIpc) is 2.20. The van der Waals surface area contributed by atoms with Crippen molar-refractivity contribution in [3.8, 4) is 5.75 Å². The maximum absolute atomic E-state index is 12.8. The van der Waals surface area contributed by atoms with Gasteiger partial charge in [0.25, 0.3) is 5.91 Å². The van der Waals surface area contributed by atoms with Gasteiger partial charge in [-0.2, -0.15) is 0 Å². The molecule has 3 N–H and O–H groups in total. The van der Waals surface area contributed by atoms with E-state index in [1.54, 1.807) is 0 Å². The molecule has 5 heteroatoms. The first kappa shape index (κ1) is 9.92. The molecule has 1 amide bonds.